The molecule has 3 saturated heterocycles. The van der Waals surface area contributed by atoms with Crippen LogP contribution in [0.2, 0.25) is 0 Å². The van der Waals surface area contributed by atoms with Gasteiger partial charge in [0.25, 0.3) is 0 Å². The number of piperazine rings is 1. The first-order chi connectivity index (χ1) is 18.0. The maximum atomic E-state index is 13.2. The van der Waals surface area contributed by atoms with E-state index in [4.69, 9.17) is 9.47 Å². The number of hydrogen-bond donors (Lipinski definition) is 0. The van der Waals surface area contributed by atoms with Gasteiger partial charge in [0.05, 0.1) is 18.1 Å². The molecular formula is C32H40N2O3. The Balaban J connectivity index is 1.05. The first-order valence-corrected chi connectivity index (χ1v) is 14.4. The summed E-state index contributed by atoms with van der Waals surface area (Å²) < 4.78 is 12.7. The van der Waals surface area contributed by atoms with E-state index in [2.05, 4.69) is 84.3 Å². The van der Waals surface area contributed by atoms with Crippen molar-refractivity contribution in [2.75, 3.05) is 32.7 Å². The Morgan fingerprint density at radius 3 is 2.27 bits per heavy atom. The number of ether oxygens (including phenoxy) is 2. The highest BCUT2D eigenvalue weighted by atomic mass is 16.6. The summed E-state index contributed by atoms with van der Waals surface area (Å²) in [6.45, 7) is 9.50. The third kappa shape index (κ3) is 3.72. The molecule has 2 aromatic rings. The van der Waals surface area contributed by atoms with Crippen LogP contribution < -0.4 is 0 Å². The number of nitrogens with zero attached hydrogens (tertiary/aromatic N) is 2. The molecule has 2 saturated carbocycles. The summed E-state index contributed by atoms with van der Waals surface area (Å²) in [4.78, 5) is 18.3. The van der Waals surface area contributed by atoms with Gasteiger partial charge in [0.2, 0.25) is 0 Å². The van der Waals surface area contributed by atoms with Gasteiger partial charge < -0.3 is 9.47 Å². The molecule has 5 nitrogen and oxygen atoms in total. The van der Waals surface area contributed by atoms with Crippen LogP contribution in [0.5, 0.6) is 0 Å². The number of hydrogen-bond acceptors (Lipinski definition) is 5. The second-order valence-electron chi connectivity index (χ2n) is 12.6. The maximum Gasteiger partial charge on any atom is 0.311 e. The second kappa shape index (κ2) is 8.93. The van der Waals surface area contributed by atoms with Crippen molar-refractivity contribution in [1.29, 1.82) is 0 Å². The van der Waals surface area contributed by atoms with Crippen LogP contribution in [0.3, 0.4) is 0 Å². The Bertz CT molecular complexity index is 1090. The zero-order chi connectivity index (χ0) is 25.2. The van der Waals surface area contributed by atoms with Crippen molar-refractivity contribution in [2.24, 2.45) is 23.2 Å². The summed E-state index contributed by atoms with van der Waals surface area (Å²) in [5.74, 6) is 0.758. The minimum Gasteiger partial charge on any atom is -0.462 e. The summed E-state index contributed by atoms with van der Waals surface area (Å²) in [7, 11) is 0. The Morgan fingerprint density at radius 1 is 0.973 bits per heavy atom. The van der Waals surface area contributed by atoms with E-state index in [0.717, 1.165) is 39.1 Å². The minimum absolute atomic E-state index is 0.0179. The van der Waals surface area contributed by atoms with Crippen LogP contribution in [0.25, 0.3) is 0 Å². The molecule has 0 N–H and O–H groups in total. The van der Waals surface area contributed by atoms with Crippen LogP contribution in [-0.2, 0) is 14.3 Å². The van der Waals surface area contributed by atoms with Crippen LogP contribution in [0, 0.1) is 23.2 Å². The standard InChI is InChI=1S/C32H40N2O3/c1-22-10-9-15-31(2)20-26-27(29-32(22,31)37-29)25(30(35)36-26)21-33-16-18-34(19-17-33)28(23-11-5-3-6-12-23)24-13-7-4-8-14-24/h3-8,11-14,22,25-29H,9-10,15-21H2,1-2H3/t22-,25?,26+,27+,29-,31+,32-/m0/s1. The van der Waals surface area contributed by atoms with Crippen LogP contribution in [-0.4, -0.2) is 66.3 Å². The molecular weight excluding hydrogens is 460 g/mol. The van der Waals surface area contributed by atoms with E-state index < -0.39 is 0 Å². The van der Waals surface area contributed by atoms with Gasteiger partial charge in [-0.2, -0.15) is 0 Å². The molecule has 0 radical (unpaired) electrons. The van der Waals surface area contributed by atoms with Crippen LogP contribution in [0.4, 0.5) is 0 Å². The lowest BCUT2D eigenvalue weighted by Gasteiger charge is -2.49. The fraction of sp³-hybridized carbons (Fsp3) is 0.594. The average molecular weight is 501 g/mol. The normalized spacial score (nSPS) is 39.5. The Hall–Kier alpha value is -2.21. The fourth-order valence-corrected chi connectivity index (χ4v) is 8.81. The van der Waals surface area contributed by atoms with E-state index in [1.54, 1.807) is 0 Å². The van der Waals surface area contributed by atoms with Gasteiger partial charge in [-0.1, -0.05) is 80.9 Å². The van der Waals surface area contributed by atoms with Crippen molar-refractivity contribution in [2.45, 2.75) is 63.4 Å². The molecule has 5 heteroatoms. The highest BCUT2D eigenvalue weighted by Gasteiger charge is 2.78. The SMILES string of the molecule is C[C@H]1CCC[C@]2(C)C[C@H]3OC(=O)C(CN4CCN(C(c5ccccc5)c5ccccc5)CC4)[C@H]3[C@@H]3O[C@@]132. The number of epoxide rings is 1. The number of carbonyl (C=O) groups excluding carboxylic acids is 1. The second-order valence-corrected chi connectivity index (χ2v) is 12.6. The van der Waals surface area contributed by atoms with E-state index in [0.29, 0.717) is 5.92 Å². The molecule has 7 atom stereocenters. The summed E-state index contributed by atoms with van der Waals surface area (Å²) in [5, 5.41) is 0. The van der Waals surface area contributed by atoms with Crippen molar-refractivity contribution in [3.8, 4) is 0 Å². The van der Waals surface area contributed by atoms with E-state index in [9.17, 15) is 4.79 Å². The third-order valence-corrected chi connectivity index (χ3v) is 10.7. The summed E-state index contributed by atoms with van der Waals surface area (Å²) in [6.07, 6.45) is 4.92. The lowest BCUT2D eigenvalue weighted by Crippen LogP contribution is -2.55. The molecule has 3 aliphatic heterocycles. The molecule has 1 unspecified atom stereocenters. The average Bonchev–Trinajstić information content (AvgIpc) is 3.60. The van der Waals surface area contributed by atoms with E-state index in [-0.39, 0.29) is 47.1 Å². The Kier molecular flexibility index (Phi) is 5.76. The van der Waals surface area contributed by atoms with Crippen molar-refractivity contribution < 1.29 is 14.3 Å². The topological polar surface area (TPSA) is 45.3 Å². The molecule has 37 heavy (non-hydrogen) atoms. The number of benzene rings is 2. The molecule has 7 rings (SSSR count). The largest absolute Gasteiger partial charge is 0.462 e. The van der Waals surface area contributed by atoms with Crippen molar-refractivity contribution >= 4 is 5.97 Å². The first-order valence-electron chi connectivity index (χ1n) is 14.4. The first kappa shape index (κ1) is 23.9. The summed E-state index contributed by atoms with van der Waals surface area (Å²) in [6, 6.07) is 22.0. The zero-order valence-electron chi connectivity index (χ0n) is 22.2. The molecule has 0 bridgehead atoms. The van der Waals surface area contributed by atoms with Gasteiger partial charge in [0.15, 0.2) is 0 Å². The number of esters is 1. The number of carbonyl (C=O) groups is 1. The molecule has 3 heterocycles. The van der Waals surface area contributed by atoms with Gasteiger partial charge in [-0.15, -0.1) is 0 Å². The predicted octanol–water partition coefficient (Wildman–Crippen LogP) is 4.92. The number of rotatable bonds is 5. The van der Waals surface area contributed by atoms with Gasteiger partial charge in [0, 0.05) is 44.1 Å². The Labute approximate surface area is 221 Å². The van der Waals surface area contributed by atoms with Gasteiger partial charge >= 0.3 is 5.97 Å². The highest BCUT2D eigenvalue weighted by molar-refractivity contribution is 5.76. The van der Waals surface area contributed by atoms with Crippen molar-refractivity contribution in [1.82, 2.24) is 9.80 Å². The number of fused-ring (bicyclic) bond motifs is 2. The minimum atomic E-state index is -0.0568. The zero-order valence-corrected chi connectivity index (χ0v) is 22.2. The molecule has 0 amide bonds. The molecule has 196 valence electrons. The molecule has 1 spiro atoms. The monoisotopic (exact) mass is 500 g/mol. The van der Waals surface area contributed by atoms with Gasteiger partial charge in [-0.3, -0.25) is 14.6 Å². The lowest BCUT2D eigenvalue weighted by atomic mass is 9.53. The van der Waals surface area contributed by atoms with Gasteiger partial charge in [-0.25, -0.2) is 0 Å². The highest BCUT2D eigenvalue weighted by Crippen LogP contribution is 2.70. The summed E-state index contributed by atoms with van der Waals surface area (Å²) in [5.41, 5.74) is 2.82. The Morgan fingerprint density at radius 2 is 1.62 bits per heavy atom. The third-order valence-electron chi connectivity index (χ3n) is 10.7. The summed E-state index contributed by atoms with van der Waals surface area (Å²) >= 11 is 0. The van der Waals surface area contributed by atoms with Crippen LogP contribution >= 0.6 is 0 Å². The van der Waals surface area contributed by atoms with Crippen molar-refractivity contribution in [3.63, 3.8) is 0 Å². The van der Waals surface area contributed by atoms with Crippen molar-refractivity contribution in [3.05, 3.63) is 71.8 Å². The molecule has 2 aromatic carbocycles. The predicted molar refractivity (Wildman–Crippen MR) is 143 cm³/mol. The van der Waals surface area contributed by atoms with E-state index >= 15 is 0 Å². The fourth-order valence-electron chi connectivity index (χ4n) is 8.81. The lowest BCUT2D eigenvalue weighted by molar-refractivity contribution is -0.146. The maximum absolute atomic E-state index is 13.2. The molecule has 5 fully saturated rings. The molecule has 0 aromatic heterocycles. The van der Waals surface area contributed by atoms with E-state index in [1.807, 2.05) is 0 Å². The molecule has 2 aliphatic carbocycles. The van der Waals surface area contributed by atoms with E-state index in [1.165, 1.54) is 30.4 Å². The quantitative estimate of drug-likeness (QED) is 0.431. The van der Waals surface area contributed by atoms with Gasteiger partial charge in [0.1, 0.15) is 11.7 Å². The smallest absolute Gasteiger partial charge is 0.311 e. The van der Waals surface area contributed by atoms with Crippen LogP contribution in [0.1, 0.15) is 56.7 Å². The van der Waals surface area contributed by atoms with Crippen LogP contribution in [0.15, 0.2) is 60.7 Å². The van der Waals surface area contributed by atoms with Gasteiger partial charge in [-0.05, 0) is 36.3 Å². The molecule has 5 aliphatic rings.